The van der Waals surface area contributed by atoms with Crippen molar-refractivity contribution in [2.24, 2.45) is 11.8 Å². The second kappa shape index (κ2) is 6.76. The van der Waals surface area contributed by atoms with Crippen LogP contribution in [-0.4, -0.2) is 6.10 Å². The first-order valence-electron chi connectivity index (χ1n) is 8.53. The molecule has 2 aliphatic carbocycles. The molecule has 2 aliphatic rings. The molecule has 0 aromatic heterocycles. The van der Waals surface area contributed by atoms with E-state index >= 15 is 0 Å². The van der Waals surface area contributed by atoms with E-state index in [-0.39, 0.29) is 6.10 Å². The third-order valence-corrected chi connectivity index (χ3v) is 5.45. The van der Waals surface area contributed by atoms with Gasteiger partial charge in [0.15, 0.2) is 0 Å². The van der Waals surface area contributed by atoms with Gasteiger partial charge in [-0.15, -0.1) is 0 Å². The lowest BCUT2D eigenvalue weighted by molar-refractivity contribution is -0.0119. The fourth-order valence-electron chi connectivity index (χ4n) is 4.22. The van der Waals surface area contributed by atoms with Crippen LogP contribution < -0.4 is 0 Å². The van der Waals surface area contributed by atoms with Gasteiger partial charge >= 0.3 is 0 Å². The largest absolute Gasteiger partial charge is 0.371 e. The molecular weight excluding hydrogens is 244 g/mol. The van der Waals surface area contributed by atoms with Crippen LogP contribution >= 0.6 is 0 Å². The zero-order valence-electron chi connectivity index (χ0n) is 12.8. The Morgan fingerprint density at radius 1 is 0.850 bits per heavy atom. The maximum Gasteiger partial charge on any atom is 0.0800 e. The molecule has 0 radical (unpaired) electrons. The Kier molecular flexibility index (Phi) is 4.77. The monoisotopic (exact) mass is 272 g/mol. The molecule has 0 N–H and O–H groups in total. The van der Waals surface area contributed by atoms with Gasteiger partial charge in [-0.2, -0.15) is 0 Å². The van der Waals surface area contributed by atoms with Crippen LogP contribution in [0.25, 0.3) is 0 Å². The van der Waals surface area contributed by atoms with Crippen molar-refractivity contribution in [1.82, 2.24) is 0 Å². The molecule has 0 spiro atoms. The molecule has 1 nitrogen and oxygen atoms in total. The van der Waals surface area contributed by atoms with Gasteiger partial charge in [-0.3, -0.25) is 0 Å². The summed E-state index contributed by atoms with van der Waals surface area (Å²) in [7, 11) is 0. The Hall–Kier alpha value is -0.820. The first-order chi connectivity index (χ1) is 9.83. The minimum atomic E-state index is 0.237. The SMILES string of the molecule is CC(OC1CCC2CCCCC2CC1)c1ccccc1. The molecule has 110 valence electrons. The topological polar surface area (TPSA) is 9.23 Å². The van der Waals surface area contributed by atoms with Crippen LogP contribution in [0.4, 0.5) is 0 Å². The summed E-state index contributed by atoms with van der Waals surface area (Å²) in [6.45, 7) is 2.20. The predicted molar refractivity (Wildman–Crippen MR) is 83.6 cm³/mol. The molecule has 0 aliphatic heterocycles. The molecule has 3 atom stereocenters. The fraction of sp³-hybridized carbons (Fsp3) is 0.684. The molecular formula is C19H28O. The van der Waals surface area contributed by atoms with Crippen molar-refractivity contribution < 1.29 is 4.74 Å². The molecule has 1 aromatic carbocycles. The van der Waals surface area contributed by atoms with Gasteiger partial charge in [0.25, 0.3) is 0 Å². The van der Waals surface area contributed by atoms with E-state index in [4.69, 9.17) is 4.74 Å². The van der Waals surface area contributed by atoms with E-state index in [2.05, 4.69) is 37.3 Å². The highest BCUT2D eigenvalue weighted by molar-refractivity contribution is 5.16. The lowest BCUT2D eigenvalue weighted by Gasteiger charge is -2.29. The zero-order chi connectivity index (χ0) is 13.8. The summed E-state index contributed by atoms with van der Waals surface area (Å²) in [4.78, 5) is 0. The molecule has 0 amide bonds. The minimum absolute atomic E-state index is 0.237. The van der Waals surface area contributed by atoms with E-state index in [1.807, 2.05) is 0 Å². The van der Waals surface area contributed by atoms with Crippen molar-refractivity contribution in [1.29, 1.82) is 0 Å². The number of benzene rings is 1. The Balaban J connectivity index is 1.55. The van der Waals surface area contributed by atoms with E-state index < -0.39 is 0 Å². The van der Waals surface area contributed by atoms with E-state index in [0.29, 0.717) is 6.10 Å². The Morgan fingerprint density at radius 2 is 1.45 bits per heavy atom. The Labute approximate surface area is 123 Å². The number of ether oxygens (including phenoxy) is 1. The Bertz CT molecular complexity index is 383. The van der Waals surface area contributed by atoms with Crippen molar-refractivity contribution in [3.8, 4) is 0 Å². The number of hydrogen-bond acceptors (Lipinski definition) is 1. The van der Waals surface area contributed by atoms with Crippen LogP contribution in [0.1, 0.15) is 70.0 Å². The van der Waals surface area contributed by atoms with Crippen molar-refractivity contribution in [3.05, 3.63) is 35.9 Å². The van der Waals surface area contributed by atoms with Crippen LogP contribution in [0.3, 0.4) is 0 Å². The highest BCUT2D eigenvalue weighted by Crippen LogP contribution is 2.40. The van der Waals surface area contributed by atoms with Gasteiger partial charge in [0.05, 0.1) is 12.2 Å². The van der Waals surface area contributed by atoms with Crippen LogP contribution in [0, 0.1) is 11.8 Å². The smallest absolute Gasteiger partial charge is 0.0800 e. The molecule has 3 rings (SSSR count). The van der Waals surface area contributed by atoms with Gasteiger partial charge in [-0.1, -0.05) is 56.0 Å². The van der Waals surface area contributed by atoms with Crippen LogP contribution in [-0.2, 0) is 4.74 Å². The standard InChI is InChI=1S/C19H28O/c1-15(16-7-3-2-4-8-16)20-19-13-11-17-9-5-6-10-18(17)12-14-19/h2-4,7-8,15,17-19H,5-6,9-14H2,1H3. The van der Waals surface area contributed by atoms with Gasteiger partial charge in [-0.25, -0.2) is 0 Å². The third-order valence-electron chi connectivity index (χ3n) is 5.45. The van der Waals surface area contributed by atoms with Gasteiger partial charge in [0.2, 0.25) is 0 Å². The lowest BCUT2D eigenvalue weighted by Crippen LogP contribution is -2.17. The summed E-state index contributed by atoms with van der Waals surface area (Å²) in [5.41, 5.74) is 1.31. The second-order valence-corrected chi connectivity index (χ2v) is 6.77. The molecule has 3 unspecified atom stereocenters. The molecule has 1 heteroatoms. The Morgan fingerprint density at radius 3 is 2.05 bits per heavy atom. The molecule has 0 bridgehead atoms. The number of fused-ring (bicyclic) bond motifs is 1. The summed E-state index contributed by atoms with van der Waals surface area (Å²) in [6.07, 6.45) is 12.0. The molecule has 2 fully saturated rings. The van der Waals surface area contributed by atoms with Crippen molar-refractivity contribution >= 4 is 0 Å². The van der Waals surface area contributed by atoms with Gasteiger partial charge in [0, 0.05) is 0 Å². The minimum Gasteiger partial charge on any atom is -0.371 e. The number of hydrogen-bond donors (Lipinski definition) is 0. The van der Waals surface area contributed by atoms with E-state index in [0.717, 1.165) is 11.8 Å². The fourth-order valence-corrected chi connectivity index (χ4v) is 4.22. The molecule has 20 heavy (non-hydrogen) atoms. The summed E-state index contributed by atoms with van der Waals surface area (Å²) in [5, 5.41) is 0. The van der Waals surface area contributed by atoms with Gasteiger partial charge in [-0.05, 0) is 50.0 Å². The predicted octanol–water partition coefficient (Wildman–Crippen LogP) is 5.51. The van der Waals surface area contributed by atoms with Crippen molar-refractivity contribution in [2.75, 3.05) is 0 Å². The summed E-state index contributed by atoms with van der Waals surface area (Å²) in [6, 6.07) is 10.7. The van der Waals surface area contributed by atoms with E-state index in [1.165, 1.54) is 56.9 Å². The summed E-state index contributed by atoms with van der Waals surface area (Å²) >= 11 is 0. The van der Waals surface area contributed by atoms with Gasteiger partial charge in [0.1, 0.15) is 0 Å². The van der Waals surface area contributed by atoms with E-state index in [1.54, 1.807) is 0 Å². The quantitative estimate of drug-likeness (QED) is 0.704. The van der Waals surface area contributed by atoms with Crippen LogP contribution in [0.15, 0.2) is 30.3 Å². The summed E-state index contributed by atoms with van der Waals surface area (Å²) in [5.74, 6) is 2.01. The van der Waals surface area contributed by atoms with Gasteiger partial charge < -0.3 is 4.74 Å². The molecule has 1 aromatic rings. The highest BCUT2D eigenvalue weighted by atomic mass is 16.5. The van der Waals surface area contributed by atoms with Crippen LogP contribution in [0.5, 0.6) is 0 Å². The maximum atomic E-state index is 6.36. The first kappa shape index (κ1) is 14.1. The van der Waals surface area contributed by atoms with Crippen LogP contribution in [0.2, 0.25) is 0 Å². The maximum absolute atomic E-state index is 6.36. The first-order valence-corrected chi connectivity index (χ1v) is 8.53. The highest BCUT2D eigenvalue weighted by Gasteiger charge is 2.30. The molecule has 0 heterocycles. The lowest BCUT2D eigenvalue weighted by atomic mass is 9.77. The van der Waals surface area contributed by atoms with Crippen molar-refractivity contribution in [3.63, 3.8) is 0 Å². The normalized spacial score (nSPS) is 32.1. The van der Waals surface area contributed by atoms with E-state index in [9.17, 15) is 0 Å². The zero-order valence-corrected chi connectivity index (χ0v) is 12.8. The second-order valence-electron chi connectivity index (χ2n) is 6.77. The average molecular weight is 272 g/mol. The average Bonchev–Trinajstić information content (AvgIpc) is 2.71. The van der Waals surface area contributed by atoms with Crippen molar-refractivity contribution in [2.45, 2.75) is 70.5 Å². The number of rotatable bonds is 3. The summed E-state index contributed by atoms with van der Waals surface area (Å²) < 4.78 is 6.36. The molecule has 0 saturated heterocycles. The molecule has 2 saturated carbocycles. The third kappa shape index (κ3) is 3.44.